The molecule has 0 aliphatic heterocycles. The number of hydrogen-bond acceptors (Lipinski definition) is 4. The predicted octanol–water partition coefficient (Wildman–Crippen LogP) is 3.87. The van der Waals surface area contributed by atoms with Crippen molar-refractivity contribution in [2.24, 2.45) is 4.99 Å². The molecule has 1 amide bonds. The van der Waals surface area contributed by atoms with Crippen LogP contribution in [-0.2, 0) is 6.54 Å². The summed E-state index contributed by atoms with van der Waals surface area (Å²) in [5.41, 5.74) is 2.99. The fourth-order valence-corrected chi connectivity index (χ4v) is 4.14. The van der Waals surface area contributed by atoms with Gasteiger partial charge in [0.15, 0.2) is 4.80 Å². The molecule has 142 valence electrons. The van der Waals surface area contributed by atoms with E-state index >= 15 is 0 Å². The van der Waals surface area contributed by atoms with Crippen LogP contribution in [0.2, 0.25) is 5.02 Å². The van der Waals surface area contributed by atoms with Gasteiger partial charge in [-0.2, -0.15) is 4.99 Å². The first kappa shape index (κ1) is 18.6. The van der Waals surface area contributed by atoms with E-state index in [1.54, 1.807) is 18.5 Å². The third kappa shape index (κ3) is 3.52. The zero-order chi connectivity index (χ0) is 19.7. The second-order valence-electron chi connectivity index (χ2n) is 6.55. The van der Waals surface area contributed by atoms with Crippen LogP contribution in [0.25, 0.3) is 16.7 Å². The lowest BCUT2D eigenvalue weighted by atomic mass is 10.2. The summed E-state index contributed by atoms with van der Waals surface area (Å²) in [7, 11) is 3.99. The smallest absolute Gasteiger partial charge is 0.280 e. The van der Waals surface area contributed by atoms with Gasteiger partial charge in [0.25, 0.3) is 5.91 Å². The number of carbonyl (C=O) groups is 1. The lowest BCUT2D eigenvalue weighted by Crippen LogP contribution is -2.21. The Hall–Kier alpha value is -2.74. The van der Waals surface area contributed by atoms with E-state index in [9.17, 15) is 4.79 Å². The maximum absolute atomic E-state index is 13.0. The molecule has 4 aromatic rings. The van der Waals surface area contributed by atoms with Crippen LogP contribution < -0.4 is 4.80 Å². The molecule has 8 heteroatoms. The number of fused-ring (bicyclic) bond motifs is 1. The number of H-pyrrole nitrogens is 1. The summed E-state index contributed by atoms with van der Waals surface area (Å²) in [4.78, 5) is 27.3. The highest BCUT2D eigenvalue weighted by Gasteiger charge is 2.15. The molecule has 3 aromatic heterocycles. The van der Waals surface area contributed by atoms with Gasteiger partial charge >= 0.3 is 0 Å². The summed E-state index contributed by atoms with van der Waals surface area (Å²) < 4.78 is 1.94. The molecular weight excluding hydrogens is 394 g/mol. The molecule has 0 aliphatic rings. The maximum atomic E-state index is 13.0. The van der Waals surface area contributed by atoms with Gasteiger partial charge in [-0.05, 0) is 38.4 Å². The van der Waals surface area contributed by atoms with Crippen LogP contribution in [0.4, 0.5) is 0 Å². The number of aromatic nitrogens is 3. The van der Waals surface area contributed by atoms with Crippen molar-refractivity contribution in [3.63, 3.8) is 0 Å². The molecule has 4 rings (SSSR count). The molecule has 3 heterocycles. The average Bonchev–Trinajstić information content (AvgIpc) is 3.29. The standard InChI is InChI=1S/C20H18ClN5OS/c1-25(2)11-13-12-28-20(26(13)17-6-4-3-5-16(17)21)24-19(27)15-8-10-23-18-14(15)7-9-22-18/h3-10,12H,11H2,1-2H3,(H,22,23). The molecule has 1 aromatic carbocycles. The number of carbonyl (C=O) groups excluding carboxylic acids is 1. The van der Waals surface area contributed by atoms with Gasteiger partial charge in [-0.1, -0.05) is 23.7 Å². The summed E-state index contributed by atoms with van der Waals surface area (Å²) >= 11 is 7.86. The van der Waals surface area contributed by atoms with Crippen LogP contribution >= 0.6 is 22.9 Å². The fraction of sp³-hybridized carbons (Fsp3) is 0.150. The summed E-state index contributed by atoms with van der Waals surface area (Å²) in [6, 6.07) is 11.1. The molecule has 0 aliphatic carbocycles. The maximum Gasteiger partial charge on any atom is 0.280 e. The Kier molecular flexibility index (Phi) is 5.13. The lowest BCUT2D eigenvalue weighted by Gasteiger charge is -2.14. The number of halogens is 1. The number of pyridine rings is 1. The molecule has 0 saturated heterocycles. The van der Waals surface area contributed by atoms with E-state index in [4.69, 9.17) is 11.6 Å². The Morgan fingerprint density at radius 1 is 1.29 bits per heavy atom. The second-order valence-corrected chi connectivity index (χ2v) is 7.79. The number of hydrogen-bond donors (Lipinski definition) is 1. The molecule has 6 nitrogen and oxygen atoms in total. The number of aromatic amines is 1. The van der Waals surface area contributed by atoms with Crippen molar-refractivity contribution in [1.82, 2.24) is 19.4 Å². The molecule has 0 spiro atoms. The number of amides is 1. The van der Waals surface area contributed by atoms with E-state index in [0.717, 1.165) is 16.8 Å². The molecule has 28 heavy (non-hydrogen) atoms. The van der Waals surface area contributed by atoms with Gasteiger partial charge in [-0.15, -0.1) is 11.3 Å². The molecule has 0 saturated carbocycles. The Bertz CT molecular complexity index is 1220. The highest BCUT2D eigenvalue weighted by Crippen LogP contribution is 2.22. The number of nitrogens with zero attached hydrogens (tertiary/aromatic N) is 4. The van der Waals surface area contributed by atoms with Gasteiger partial charge in [-0.3, -0.25) is 9.36 Å². The Morgan fingerprint density at radius 3 is 2.89 bits per heavy atom. The minimum Gasteiger partial charge on any atom is -0.346 e. The predicted molar refractivity (Wildman–Crippen MR) is 112 cm³/mol. The molecule has 0 radical (unpaired) electrons. The fourth-order valence-electron chi connectivity index (χ4n) is 3.04. The first-order valence-electron chi connectivity index (χ1n) is 8.65. The van der Waals surface area contributed by atoms with E-state index in [1.807, 2.05) is 54.4 Å². The van der Waals surface area contributed by atoms with Crippen LogP contribution in [0, 0.1) is 0 Å². The molecule has 0 fully saturated rings. The van der Waals surface area contributed by atoms with Crippen molar-refractivity contribution < 1.29 is 4.79 Å². The van der Waals surface area contributed by atoms with Gasteiger partial charge in [0.2, 0.25) is 0 Å². The lowest BCUT2D eigenvalue weighted by molar-refractivity contribution is 0.0999. The SMILES string of the molecule is CN(C)Cc1csc(=NC(=O)c2ccnc3[nH]ccc23)n1-c1ccccc1Cl. The largest absolute Gasteiger partial charge is 0.346 e. The van der Waals surface area contributed by atoms with E-state index in [2.05, 4.69) is 19.9 Å². The van der Waals surface area contributed by atoms with Crippen LogP contribution in [0.3, 0.4) is 0 Å². The van der Waals surface area contributed by atoms with Gasteiger partial charge in [-0.25, -0.2) is 4.98 Å². The van der Waals surface area contributed by atoms with Gasteiger partial charge in [0.1, 0.15) is 5.65 Å². The van der Waals surface area contributed by atoms with Crippen LogP contribution in [0.5, 0.6) is 0 Å². The van der Waals surface area contributed by atoms with Crippen molar-refractivity contribution in [3.8, 4) is 5.69 Å². The number of thiazole rings is 1. The van der Waals surface area contributed by atoms with Gasteiger partial charge in [0.05, 0.1) is 16.3 Å². The number of nitrogens with one attached hydrogen (secondary N) is 1. The minimum atomic E-state index is -0.314. The van der Waals surface area contributed by atoms with Crippen molar-refractivity contribution in [2.45, 2.75) is 6.54 Å². The summed E-state index contributed by atoms with van der Waals surface area (Å²) in [6.45, 7) is 0.697. The van der Waals surface area contributed by atoms with E-state index < -0.39 is 0 Å². The highest BCUT2D eigenvalue weighted by atomic mass is 35.5. The molecule has 0 atom stereocenters. The molecular formula is C20H18ClN5OS. The zero-order valence-electron chi connectivity index (χ0n) is 15.4. The van der Waals surface area contributed by atoms with Crippen molar-refractivity contribution in [2.75, 3.05) is 14.1 Å². The number of benzene rings is 1. The molecule has 0 unspecified atom stereocenters. The Labute approximate surface area is 170 Å². The molecule has 1 N–H and O–H groups in total. The third-order valence-electron chi connectivity index (χ3n) is 4.24. The topological polar surface area (TPSA) is 66.3 Å². The zero-order valence-corrected chi connectivity index (χ0v) is 17.0. The summed E-state index contributed by atoms with van der Waals surface area (Å²) in [5.74, 6) is -0.314. The quantitative estimate of drug-likeness (QED) is 0.554. The van der Waals surface area contributed by atoms with E-state index in [1.165, 1.54) is 11.3 Å². The first-order chi connectivity index (χ1) is 13.5. The average molecular weight is 412 g/mol. The summed E-state index contributed by atoms with van der Waals surface area (Å²) in [6.07, 6.45) is 3.37. The van der Waals surface area contributed by atoms with Crippen molar-refractivity contribution >= 4 is 39.9 Å². The normalized spacial score (nSPS) is 12.2. The first-order valence-corrected chi connectivity index (χ1v) is 9.90. The minimum absolute atomic E-state index is 0.314. The van der Waals surface area contributed by atoms with Gasteiger partial charge in [0, 0.05) is 35.4 Å². The molecule has 0 bridgehead atoms. The van der Waals surface area contributed by atoms with E-state index in [-0.39, 0.29) is 5.91 Å². The third-order valence-corrected chi connectivity index (χ3v) is 5.43. The van der Waals surface area contributed by atoms with E-state index in [0.29, 0.717) is 27.6 Å². The van der Waals surface area contributed by atoms with Crippen molar-refractivity contribution in [3.05, 3.63) is 75.3 Å². The van der Waals surface area contributed by atoms with Gasteiger partial charge < -0.3 is 9.88 Å². The monoisotopic (exact) mass is 411 g/mol. The Morgan fingerprint density at radius 2 is 2.11 bits per heavy atom. The number of para-hydroxylation sites is 1. The van der Waals surface area contributed by atoms with Crippen LogP contribution in [0.1, 0.15) is 16.1 Å². The van der Waals surface area contributed by atoms with Crippen molar-refractivity contribution in [1.29, 1.82) is 0 Å². The second kappa shape index (κ2) is 7.71. The van der Waals surface area contributed by atoms with Crippen LogP contribution in [0.15, 0.2) is 59.2 Å². The highest BCUT2D eigenvalue weighted by molar-refractivity contribution is 7.07. The summed E-state index contributed by atoms with van der Waals surface area (Å²) in [5, 5.41) is 3.37. The Balaban J connectivity index is 1.88. The number of rotatable bonds is 4. The van der Waals surface area contributed by atoms with Crippen LogP contribution in [-0.4, -0.2) is 39.4 Å².